The second-order valence-corrected chi connectivity index (χ2v) is 6.34. The number of hydrogen-bond donors (Lipinski definition) is 1. The maximum atomic E-state index is 11.4. The van der Waals surface area contributed by atoms with Crippen LogP contribution in [0.15, 0.2) is 12.1 Å². The predicted octanol–water partition coefficient (Wildman–Crippen LogP) is 3.38. The minimum absolute atomic E-state index is 0.111. The van der Waals surface area contributed by atoms with E-state index in [0.29, 0.717) is 25.9 Å². The van der Waals surface area contributed by atoms with Gasteiger partial charge in [-0.3, -0.25) is 4.79 Å². The molecule has 1 aromatic rings. The first kappa shape index (κ1) is 16.5. The Labute approximate surface area is 139 Å². The molecule has 1 saturated heterocycles. The molecule has 0 aromatic heterocycles. The van der Waals surface area contributed by atoms with Crippen molar-refractivity contribution < 1.29 is 19.4 Å². The summed E-state index contributed by atoms with van der Waals surface area (Å²) in [6.45, 7) is 2.73. The van der Waals surface area contributed by atoms with E-state index in [1.165, 1.54) is 9.13 Å². The maximum absolute atomic E-state index is 11.4. The van der Waals surface area contributed by atoms with Crippen LogP contribution in [0.1, 0.15) is 49.8 Å². The second kappa shape index (κ2) is 7.98. The molecule has 5 heteroatoms. The van der Waals surface area contributed by atoms with Gasteiger partial charge in [0.15, 0.2) is 0 Å². The zero-order valence-corrected chi connectivity index (χ0v) is 14.4. The van der Waals surface area contributed by atoms with Crippen molar-refractivity contribution in [1.29, 1.82) is 0 Å². The summed E-state index contributed by atoms with van der Waals surface area (Å²) in [6, 6.07) is 4.13. The number of aryl methyl sites for hydroxylation is 1. The molecule has 1 fully saturated rings. The van der Waals surface area contributed by atoms with Crippen molar-refractivity contribution in [2.45, 2.75) is 45.1 Å². The van der Waals surface area contributed by atoms with Gasteiger partial charge in [-0.15, -0.1) is 0 Å². The van der Waals surface area contributed by atoms with Gasteiger partial charge in [-0.1, -0.05) is 13.3 Å². The van der Waals surface area contributed by atoms with E-state index in [4.69, 9.17) is 14.6 Å². The van der Waals surface area contributed by atoms with Crippen molar-refractivity contribution in [3.05, 3.63) is 26.8 Å². The Balaban J connectivity index is 2.26. The second-order valence-electron chi connectivity index (χ2n) is 5.17. The monoisotopic (exact) mass is 404 g/mol. The van der Waals surface area contributed by atoms with Gasteiger partial charge in [0.05, 0.1) is 6.61 Å². The summed E-state index contributed by atoms with van der Waals surface area (Å²) in [5, 5.41) is 8.89. The standard InChI is InChI=1S/C16H21IO4/c1-2-4-11-9-15(20-8-3-7-18)12(10-13(11)17)14-5-6-16(19)21-14/h9-10,14,18H,2-8H2,1H3. The van der Waals surface area contributed by atoms with Crippen molar-refractivity contribution in [1.82, 2.24) is 0 Å². The highest BCUT2D eigenvalue weighted by Gasteiger charge is 2.28. The molecule has 1 aliphatic rings. The summed E-state index contributed by atoms with van der Waals surface area (Å²) < 4.78 is 12.4. The number of aliphatic hydroxyl groups excluding tert-OH is 1. The van der Waals surface area contributed by atoms with Crippen LogP contribution in [-0.4, -0.2) is 24.3 Å². The highest BCUT2D eigenvalue weighted by Crippen LogP contribution is 2.37. The number of benzene rings is 1. The van der Waals surface area contributed by atoms with E-state index < -0.39 is 0 Å². The van der Waals surface area contributed by atoms with Crippen molar-refractivity contribution in [3.63, 3.8) is 0 Å². The Morgan fingerprint density at radius 2 is 2.29 bits per heavy atom. The number of hydrogen-bond acceptors (Lipinski definition) is 4. The Kier molecular flexibility index (Phi) is 6.29. The summed E-state index contributed by atoms with van der Waals surface area (Å²) in [4.78, 5) is 11.4. The molecule has 1 atom stereocenters. The molecule has 1 unspecified atom stereocenters. The van der Waals surface area contributed by atoms with Crippen LogP contribution >= 0.6 is 22.6 Å². The van der Waals surface area contributed by atoms with Crippen LogP contribution < -0.4 is 4.74 Å². The van der Waals surface area contributed by atoms with Crippen LogP contribution in [0.25, 0.3) is 0 Å². The molecule has 0 aliphatic carbocycles. The van der Waals surface area contributed by atoms with Gasteiger partial charge < -0.3 is 14.6 Å². The van der Waals surface area contributed by atoms with Gasteiger partial charge in [0.25, 0.3) is 0 Å². The van der Waals surface area contributed by atoms with Crippen molar-refractivity contribution >= 4 is 28.6 Å². The fourth-order valence-electron chi connectivity index (χ4n) is 2.44. The largest absolute Gasteiger partial charge is 0.493 e. The van der Waals surface area contributed by atoms with Gasteiger partial charge >= 0.3 is 5.97 Å². The third kappa shape index (κ3) is 4.32. The number of aliphatic hydroxyl groups is 1. The van der Waals surface area contributed by atoms with Gasteiger partial charge in [0.1, 0.15) is 11.9 Å². The topological polar surface area (TPSA) is 55.8 Å². The van der Waals surface area contributed by atoms with Crippen LogP contribution in [0.5, 0.6) is 5.75 Å². The number of carbonyl (C=O) groups is 1. The van der Waals surface area contributed by atoms with Crippen LogP contribution in [0.2, 0.25) is 0 Å². The summed E-state index contributed by atoms with van der Waals surface area (Å²) in [7, 11) is 0. The smallest absolute Gasteiger partial charge is 0.306 e. The number of carbonyl (C=O) groups excluding carboxylic acids is 1. The normalized spacial score (nSPS) is 17.9. The van der Waals surface area contributed by atoms with Crippen LogP contribution in [0.4, 0.5) is 0 Å². The number of esters is 1. The molecule has 1 N–H and O–H groups in total. The first-order chi connectivity index (χ1) is 10.2. The average molecular weight is 404 g/mol. The Morgan fingerprint density at radius 1 is 1.48 bits per heavy atom. The molecule has 1 heterocycles. The number of rotatable bonds is 7. The molecule has 0 radical (unpaired) electrons. The molecule has 2 rings (SSSR count). The molecule has 1 aromatic carbocycles. The lowest BCUT2D eigenvalue weighted by atomic mass is 10.0. The SMILES string of the molecule is CCCc1cc(OCCCO)c(C2CCC(=O)O2)cc1I. The van der Waals surface area contributed by atoms with Crippen LogP contribution in [0, 0.1) is 3.57 Å². The zero-order chi connectivity index (χ0) is 15.2. The highest BCUT2D eigenvalue weighted by atomic mass is 127. The number of halogens is 1. The van der Waals surface area contributed by atoms with Crippen LogP contribution in [-0.2, 0) is 16.0 Å². The van der Waals surface area contributed by atoms with Gasteiger partial charge in [-0.2, -0.15) is 0 Å². The Hall–Kier alpha value is -0.820. The number of cyclic esters (lactones) is 1. The van der Waals surface area contributed by atoms with Gasteiger partial charge in [-0.05, 0) is 53.1 Å². The third-order valence-corrected chi connectivity index (χ3v) is 4.49. The van der Waals surface area contributed by atoms with E-state index in [-0.39, 0.29) is 18.7 Å². The summed E-state index contributed by atoms with van der Waals surface area (Å²) in [5.74, 6) is 0.640. The first-order valence-electron chi connectivity index (χ1n) is 7.41. The molecular formula is C16H21IO4. The molecule has 0 bridgehead atoms. The number of ether oxygens (including phenoxy) is 2. The summed E-state index contributed by atoms with van der Waals surface area (Å²) in [6.07, 6.45) is 3.64. The maximum Gasteiger partial charge on any atom is 0.306 e. The lowest BCUT2D eigenvalue weighted by molar-refractivity contribution is -0.141. The molecule has 116 valence electrons. The van der Waals surface area contributed by atoms with Gasteiger partial charge in [0.2, 0.25) is 0 Å². The molecular weight excluding hydrogens is 383 g/mol. The molecule has 0 spiro atoms. The lowest BCUT2D eigenvalue weighted by Crippen LogP contribution is -2.07. The fraction of sp³-hybridized carbons (Fsp3) is 0.562. The van der Waals surface area contributed by atoms with E-state index in [2.05, 4.69) is 41.6 Å². The van der Waals surface area contributed by atoms with E-state index in [0.717, 1.165) is 24.2 Å². The van der Waals surface area contributed by atoms with Crippen LogP contribution in [0.3, 0.4) is 0 Å². The van der Waals surface area contributed by atoms with Crippen molar-refractivity contribution in [3.8, 4) is 5.75 Å². The average Bonchev–Trinajstić information content (AvgIpc) is 2.89. The summed E-state index contributed by atoms with van der Waals surface area (Å²) >= 11 is 2.33. The van der Waals surface area contributed by atoms with E-state index in [1.54, 1.807) is 0 Å². The molecule has 4 nitrogen and oxygen atoms in total. The quantitative estimate of drug-likeness (QED) is 0.430. The molecule has 0 amide bonds. The summed E-state index contributed by atoms with van der Waals surface area (Å²) in [5.41, 5.74) is 2.20. The molecule has 1 aliphatic heterocycles. The fourth-order valence-corrected chi connectivity index (χ4v) is 3.20. The zero-order valence-electron chi connectivity index (χ0n) is 12.2. The van der Waals surface area contributed by atoms with Crippen molar-refractivity contribution in [2.24, 2.45) is 0 Å². The minimum atomic E-state index is -0.203. The van der Waals surface area contributed by atoms with E-state index in [1.807, 2.05) is 0 Å². The first-order valence-corrected chi connectivity index (χ1v) is 8.49. The third-order valence-electron chi connectivity index (χ3n) is 3.49. The van der Waals surface area contributed by atoms with Crippen molar-refractivity contribution in [2.75, 3.05) is 13.2 Å². The predicted molar refractivity (Wildman–Crippen MR) is 88.4 cm³/mol. The highest BCUT2D eigenvalue weighted by molar-refractivity contribution is 14.1. The Bertz CT molecular complexity index is 501. The van der Waals surface area contributed by atoms with Gasteiger partial charge in [-0.25, -0.2) is 0 Å². The Morgan fingerprint density at radius 3 is 2.90 bits per heavy atom. The minimum Gasteiger partial charge on any atom is -0.493 e. The lowest BCUT2D eigenvalue weighted by Gasteiger charge is -2.18. The van der Waals surface area contributed by atoms with E-state index in [9.17, 15) is 4.79 Å². The molecule has 21 heavy (non-hydrogen) atoms. The molecule has 0 saturated carbocycles. The van der Waals surface area contributed by atoms with E-state index >= 15 is 0 Å². The van der Waals surface area contributed by atoms with Gasteiger partial charge in [0, 0.05) is 28.6 Å².